The lowest BCUT2D eigenvalue weighted by Gasteiger charge is -2.08. The number of halogens is 1. The lowest BCUT2D eigenvalue weighted by Crippen LogP contribution is -1.95. The van der Waals surface area contributed by atoms with Crippen LogP contribution in [0.15, 0.2) is 65.1 Å². The molecule has 0 fully saturated rings. The molecule has 0 saturated heterocycles. The summed E-state index contributed by atoms with van der Waals surface area (Å²) < 4.78 is 6.81. The number of benzene rings is 2. The number of para-hydroxylation sites is 1. The molecule has 4 heteroatoms. The van der Waals surface area contributed by atoms with E-state index in [1.54, 1.807) is 0 Å². The van der Waals surface area contributed by atoms with Gasteiger partial charge in [-0.05, 0) is 31.2 Å². The van der Waals surface area contributed by atoms with Gasteiger partial charge in [0.05, 0.1) is 0 Å². The van der Waals surface area contributed by atoms with E-state index >= 15 is 0 Å². The van der Waals surface area contributed by atoms with Crippen molar-refractivity contribution in [3.63, 3.8) is 0 Å². The monoisotopic (exact) mass is 340 g/mol. The fourth-order valence-electron chi connectivity index (χ4n) is 1.93. The first kappa shape index (κ1) is 13.8. The molecule has 0 amide bonds. The fourth-order valence-corrected chi connectivity index (χ4v) is 2.19. The maximum Gasteiger partial charge on any atom is 0.223 e. The van der Waals surface area contributed by atoms with Crippen LogP contribution in [0.2, 0.25) is 0 Å². The summed E-state index contributed by atoms with van der Waals surface area (Å²) >= 11 is 3.43. The summed E-state index contributed by atoms with van der Waals surface area (Å²) in [5.41, 5.74) is 1.83. The van der Waals surface area contributed by atoms with Crippen molar-refractivity contribution in [3.05, 3.63) is 70.8 Å². The summed E-state index contributed by atoms with van der Waals surface area (Å²) in [7, 11) is 0. The Morgan fingerprint density at radius 3 is 2.33 bits per heavy atom. The number of nitrogens with zero attached hydrogens (tertiary/aromatic N) is 2. The maximum absolute atomic E-state index is 5.78. The van der Waals surface area contributed by atoms with Crippen LogP contribution >= 0.6 is 15.9 Å². The molecule has 21 heavy (non-hydrogen) atoms. The standard InChI is InChI=1S/C17H13BrN2O/c1-12-11-16(21-15-5-3-2-4-6-15)20-17(19-12)13-7-9-14(18)10-8-13/h2-11H,1H3. The zero-order valence-electron chi connectivity index (χ0n) is 11.5. The topological polar surface area (TPSA) is 35.0 Å². The fraction of sp³-hybridized carbons (Fsp3) is 0.0588. The van der Waals surface area contributed by atoms with Crippen LogP contribution < -0.4 is 4.74 Å². The third-order valence-corrected chi connectivity index (χ3v) is 3.43. The number of hydrogen-bond acceptors (Lipinski definition) is 3. The Balaban J connectivity index is 1.94. The zero-order valence-corrected chi connectivity index (χ0v) is 13.0. The first-order valence-electron chi connectivity index (χ1n) is 6.55. The molecule has 0 N–H and O–H groups in total. The van der Waals surface area contributed by atoms with Crippen molar-refractivity contribution in [1.29, 1.82) is 0 Å². The number of rotatable bonds is 3. The molecule has 104 valence electrons. The highest BCUT2D eigenvalue weighted by Gasteiger charge is 2.06. The van der Waals surface area contributed by atoms with Gasteiger partial charge in [-0.3, -0.25) is 0 Å². The molecule has 0 aliphatic carbocycles. The van der Waals surface area contributed by atoms with E-state index in [2.05, 4.69) is 25.9 Å². The van der Waals surface area contributed by atoms with E-state index in [0.717, 1.165) is 21.5 Å². The SMILES string of the molecule is Cc1cc(Oc2ccccc2)nc(-c2ccc(Br)cc2)n1. The molecule has 1 aromatic heterocycles. The van der Waals surface area contributed by atoms with E-state index in [1.165, 1.54) is 0 Å². The number of hydrogen-bond donors (Lipinski definition) is 0. The van der Waals surface area contributed by atoms with Gasteiger partial charge in [-0.25, -0.2) is 4.98 Å². The van der Waals surface area contributed by atoms with Crippen LogP contribution in [-0.4, -0.2) is 9.97 Å². The molecule has 0 bridgehead atoms. The summed E-state index contributed by atoms with van der Waals surface area (Å²) in [6.45, 7) is 1.93. The lowest BCUT2D eigenvalue weighted by atomic mass is 10.2. The zero-order chi connectivity index (χ0) is 14.7. The number of aromatic nitrogens is 2. The second-order valence-electron chi connectivity index (χ2n) is 4.59. The molecule has 0 aliphatic rings. The predicted octanol–water partition coefficient (Wildman–Crippen LogP) is 5.01. The average molecular weight is 341 g/mol. The minimum atomic E-state index is 0.548. The van der Waals surface area contributed by atoms with Crippen molar-refractivity contribution in [2.45, 2.75) is 6.92 Å². The van der Waals surface area contributed by atoms with E-state index in [9.17, 15) is 0 Å². The highest BCUT2D eigenvalue weighted by molar-refractivity contribution is 9.10. The molecule has 3 nitrogen and oxygen atoms in total. The molecule has 3 aromatic rings. The van der Waals surface area contributed by atoms with Crippen LogP contribution in [-0.2, 0) is 0 Å². The van der Waals surface area contributed by atoms with Crippen molar-refractivity contribution >= 4 is 15.9 Å². The molecule has 0 spiro atoms. The first-order valence-corrected chi connectivity index (χ1v) is 7.34. The molecule has 3 rings (SSSR count). The molecule has 0 saturated carbocycles. The Kier molecular flexibility index (Phi) is 3.97. The van der Waals surface area contributed by atoms with E-state index in [4.69, 9.17) is 4.74 Å². The summed E-state index contributed by atoms with van der Waals surface area (Å²) in [5.74, 6) is 1.97. The molecule has 2 aromatic carbocycles. The normalized spacial score (nSPS) is 10.4. The number of ether oxygens (including phenoxy) is 1. The van der Waals surface area contributed by atoms with Crippen LogP contribution in [0.3, 0.4) is 0 Å². The Hall–Kier alpha value is -2.20. The Bertz CT molecular complexity index is 742. The summed E-state index contributed by atoms with van der Waals surface area (Å²) in [4.78, 5) is 8.95. The second-order valence-corrected chi connectivity index (χ2v) is 5.51. The van der Waals surface area contributed by atoms with E-state index in [-0.39, 0.29) is 0 Å². The highest BCUT2D eigenvalue weighted by atomic mass is 79.9. The third-order valence-electron chi connectivity index (χ3n) is 2.90. The van der Waals surface area contributed by atoms with Gasteiger partial charge < -0.3 is 4.74 Å². The van der Waals surface area contributed by atoms with E-state index in [0.29, 0.717) is 11.7 Å². The van der Waals surface area contributed by atoms with Crippen molar-refractivity contribution < 1.29 is 4.74 Å². The van der Waals surface area contributed by atoms with Crippen molar-refractivity contribution in [3.8, 4) is 23.0 Å². The van der Waals surface area contributed by atoms with E-state index in [1.807, 2.05) is 67.6 Å². The van der Waals surface area contributed by atoms with Crippen LogP contribution in [0.1, 0.15) is 5.69 Å². The van der Waals surface area contributed by atoms with Gasteiger partial charge in [-0.2, -0.15) is 4.98 Å². The van der Waals surface area contributed by atoms with Gasteiger partial charge in [0.2, 0.25) is 5.88 Å². The summed E-state index contributed by atoms with van der Waals surface area (Å²) in [5, 5.41) is 0. The number of aryl methyl sites for hydroxylation is 1. The quantitative estimate of drug-likeness (QED) is 0.672. The summed E-state index contributed by atoms with van der Waals surface area (Å²) in [6, 6.07) is 19.3. The Labute approximate surface area is 131 Å². The van der Waals surface area contributed by atoms with E-state index < -0.39 is 0 Å². The van der Waals surface area contributed by atoms with Gasteiger partial charge in [-0.1, -0.05) is 46.3 Å². The van der Waals surface area contributed by atoms with Crippen LogP contribution in [0.5, 0.6) is 11.6 Å². The molecule has 0 radical (unpaired) electrons. The van der Waals surface area contributed by atoms with Crippen LogP contribution in [0, 0.1) is 6.92 Å². The molecular weight excluding hydrogens is 328 g/mol. The first-order chi connectivity index (χ1) is 10.2. The summed E-state index contributed by atoms with van der Waals surface area (Å²) in [6.07, 6.45) is 0. The lowest BCUT2D eigenvalue weighted by molar-refractivity contribution is 0.461. The molecule has 0 unspecified atom stereocenters. The molecular formula is C17H13BrN2O. The second kappa shape index (κ2) is 6.06. The molecule has 1 heterocycles. The smallest absolute Gasteiger partial charge is 0.223 e. The van der Waals surface area contributed by atoms with Gasteiger partial charge >= 0.3 is 0 Å². The van der Waals surface area contributed by atoms with Gasteiger partial charge in [-0.15, -0.1) is 0 Å². The average Bonchev–Trinajstić information content (AvgIpc) is 2.48. The Morgan fingerprint density at radius 2 is 1.62 bits per heavy atom. The van der Waals surface area contributed by atoms with Gasteiger partial charge in [0.15, 0.2) is 5.82 Å². The third kappa shape index (κ3) is 3.47. The van der Waals surface area contributed by atoms with Gasteiger partial charge in [0.25, 0.3) is 0 Å². The molecule has 0 atom stereocenters. The minimum absolute atomic E-state index is 0.548. The molecule has 0 aliphatic heterocycles. The van der Waals surface area contributed by atoms with Crippen LogP contribution in [0.4, 0.5) is 0 Å². The van der Waals surface area contributed by atoms with Crippen molar-refractivity contribution in [2.75, 3.05) is 0 Å². The van der Waals surface area contributed by atoms with Gasteiger partial charge in [0, 0.05) is 21.8 Å². The Morgan fingerprint density at radius 1 is 0.905 bits per heavy atom. The largest absolute Gasteiger partial charge is 0.439 e. The van der Waals surface area contributed by atoms with Crippen molar-refractivity contribution in [1.82, 2.24) is 9.97 Å². The predicted molar refractivity (Wildman–Crippen MR) is 86.4 cm³/mol. The maximum atomic E-state index is 5.78. The minimum Gasteiger partial charge on any atom is -0.439 e. The highest BCUT2D eigenvalue weighted by Crippen LogP contribution is 2.24. The van der Waals surface area contributed by atoms with Crippen molar-refractivity contribution in [2.24, 2.45) is 0 Å². The van der Waals surface area contributed by atoms with Crippen LogP contribution in [0.25, 0.3) is 11.4 Å². The van der Waals surface area contributed by atoms with Gasteiger partial charge in [0.1, 0.15) is 5.75 Å².